The van der Waals surface area contributed by atoms with Crippen molar-refractivity contribution in [3.63, 3.8) is 0 Å². The number of nitrogens with one attached hydrogen (secondary N) is 1. The van der Waals surface area contributed by atoms with Crippen molar-refractivity contribution in [1.29, 1.82) is 0 Å². The van der Waals surface area contributed by atoms with Crippen LogP contribution in [0.25, 0.3) is 0 Å². The van der Waals surface area contributed by atoms with E-state index in [0.717, 1.165) is 5.56 Å². The first-order chi connectivity index (χ1) is 9.86. The number of nitrogens with two attached hydrogens (primary N) is 2. The fourth-order valence-electron chi connectivity index (χ4n) is 1.61. The van der Waals surface area contributed by atoms with Gasteiger partial charge < -0.3 is 11.1 Å². The van der Waals surface area contributed by atoms with Gasteiger partial charge in [0.1, 0.15) is 5.69 Å². The highest BCUT2D eigenvalue weighted by Crippen LogP contribution is 2.09. The number of carbonyl (C=O) groups excluding carboxylic acids is 1. The maximum Gasteiger partial charge on any atom is 0.270 e. The molecule has 0 saturated heterocycles. The predicted octanol–water partition coefficient (Wildman–Crippen LogP) is 0.241. The van der Waals surface area contributed by atoms with E-state index >= 15 is 0 Å². The van der Waals surface area contributed by atoms with E-state index in [0.29, 0.717) is 5.69 Å². The molecule has 0 saturated carbocycles. The van der Waals surface area contributed by atoms with Crippen LogP contribution in [0.4, 0.5) is 5.69 Å². The molecule has 1 amide bonds. The zero-order valence-electron chi connectivity index (χ0n) is 11.0. The summed E-state index contributed by atoms with van der Waals surface area (Å²) in [6.45, 7) is 0.246. The first-order valence-electron chi connectivity index (χ1n) is 5.98. The lowest BCUT2D eigenvalue weighted by Crippen LogP contribution is -2.23. The molecule has 7 nitrogen and oxygen atoms in total. The zero-order chi connectivity index (χ0) is 15.5. The molecule has 0 aliphatic heterocycles. The smallest absolute Gasteiger partial charge is 0.270 e. The van der Waals surface area contributed by atoms with Crippen molar-refractivity contribution in [1.82, 2.24) is 10.3 Å². The molecule has 0 spiro atoms. The van der Waals surface area contributed by atoms with Gasteiger partial charge in [-0.15, -0.1) is 0 Å². The Morgan fingerprint density at radius 1 is 1.14 bits per heavy atom. The number of nitrogens with zero attached hydrogens (tertiary/aromatic N) is 1. The number of pyridine rings is 1. The average molecular weight is 306 g/mol. The molecule has 2 aromatic rings. The summed E-state index contributed by atoms with van der Waals surface area (Å²) in [5.74, 6) is -0.342. The molecule has 0 unspecified atom stereocenters. The maximum absolute atomic E-state index is 11.8. The molecular weight excluding hydrogens is 292 g/mol. The van der Waals surface area contributed by atoms with Crippen LogP contribution in [0.2, 0.25) is 0 Å². The monoisotopic (exact) mass is 306 g/mol. The second kappa shape index (κ2) is 5.90. The standard InChI is InChI=1S/C13H14N4O3S/c14-10-3-6-12(16-8-10)13(18)17-7-9-1-4-11(5-2-9)21(15,19)20/h1-6,8H,7,14H2,(H,17,18)(H2,15,19,20). The Balaban J connectivity index is 2.00. The number of aromatic nitrogens is 1. The van der Waals surface area contributed by atoms with Crippen molar-refractivity contribution in [2.45, 2.75) is 11.4 Å². The molecule has 0 radical (unpaired) electrons. The van der Waals surface area contributed by atoms with Crippen LogP contribution in [0.15, 0.2) is 47.5 Å². The third-order valence-corrected chi connectivity index (χ3v) is 3.65. The van der Waals surface area contributed by atoms with Crippen LogP contribution < -0.4 is 16.2 Å². The number of sulfonamides is 1. The molecule has 1 heterocycles. The van der Waals surface area contributed by atoms with Crippen LogP contribution in [0.5, 0.6) is 0 Å². The SMILES string of the molecule is Nc1ccc(C(=O)NCc2ccc(S(N)(=O)=O)cc2)nc1. The number of amides is 1. The summed E-state index contributed by atoms with van der Waals surface area (Å²) in [4.78, 5) is 15.8. The number of primary sulfonamides is 1. The number of hydrogen-bond acceptors (Lipinski definition) is 5. The molecule has 110 valence electrons. The molecule has 2 rings (SSSR count). The number of anilines is 1. The molecule has 0 aliphatic carbocycles. The van der Waals surface area contributed by atoms with Crippen molar-refractivity contribution in [3.05, 3.63) is 53.9 Å². The molecule has 1 aromatic carbocycles. The minimum absolute atomic E-state index is 0.0257. The van der Waals surface area contributed by atoms with E-state index < -0.39 is 10.0 Å². The summed E-state index contributed by atoms with van der Waals surface area (Å²) < 4.78 is 22.2. The molecule has 21 heavy (non-hydrogen) atoms. The molecule has 0 fully saturated rings. The lowest BCUT2D eigenvalue weighted by molar-refractivity contribution is 0.0946. The largest absolute Gasteiger partial charge is 0.397 e. The molecule has 1 aromatic heterocycles. The maximum atomic E-state index is 11.8. The normalized spacial score (nSPS) is 11.1. The van der Waals surface area contributed by atoms with Gasteiger partial charge in [-0.2, -0.15) is 0 Å². The Hall–Kier alpha value is -2.45. The highest BCUT2D eigenvalue weighted by molar-refractivity contribution is 7.89. The highest BCUT2D eigenvalue weighted by Gasteiger charge is 2.08. The summed E-state index contributed by atoms with van der Waals surface area (Å²) in [6.07, 6.45) is 1.40. The van der Waals surface area contributed by atoms with Gasteiger partial charge in [0.15, 0.2) is 0 Å². The molecule has 0 bridgehead atoms. The lowest BCUT2D eigenvalue weighted by atomic mass is 10.2. The number of rotatable bonds is 4. The van der Waals surface area contributed by atoms with Crippen LogP contribution in [0.3, 0.4) is 0 Å². The Bertz CT molecular complexity index is 740. The van der Waals surface area contributed by atoms with Crippen molar-refractivity contribution in [3.8, 4) is 0 Å². The Morgan fingerprint density at radius 2 is 1.81 bits per heavy atom. The molecule has 0 atom stereocenters. The van der Waals surface area contributed by atoms with Crippen molar-refractivity contribution in [2.75, 3.05) is 5.73 Å². The Kier molecular flexibility index (Phi) is 4.20. The first-order valence-corrected chi connectivity index (χ1v) is 7.52. The van der Waals surface area contributed by atoms with E-state index in [4.69, 9.17) is 10.9 Å². The summed E-state index contributed by atoms with van der Waals surface area (Å²) in [7, 11) is -3.71. The minimum atomic E-state index is -3.71. The number of carbonyl (C=O) groups is 1. The quantitative estimate of drug-likeness (QED) is 0.745. The molecule has 5 N–H and O–H groups in total. The van der Waals surface area contributed by atoms with E-state index in [-0.39, 0.29) is 23.0 Å². The Labute approximate surface area is 122 Å². The van der Waals surface area contributed by atoms with E-state index in [9.17, 15) is 13.2 Å². The van der Waals surface area contributed by atoms with E-state index in [1.807, 2.05) is 0 Å². The zero-order valence-corrected chi connectivity index (χ0v) is 11.8. The van der Waals surface area contributed by atoms with Gasteiger partial charge in [0.2, 0.25) is 10.0 Å². The van der Waals surface area contributed by atoms with Crippen LogP contribution in [0, 0.1) is 0 Å². The van der Waals surface area contributed by atoms with Gasteiger partial charge >= 0.3 is 0 Å². The third-order valence-electron chi connectivity index (χ3n) is 2.72. The van der Waals surface area contributed by atoms with Crippen molar-refractivity contribution in [2.24, 2.45) is 5.14 Å². The van der Waals surface area contributed by atoms with Crippen molar-refractivity contribution >= 4 is 21.6 Å². The van der Waals surface area contributed by atoms with Gasteiger partial charge in [0.25, 0.3) is 5.91 Å². The summed E-state index contributed by atoms with van der Waals surface area (Å²) in [5.41, 5.74) is 6.96. The molecular formula is C13H14N4O3S. The predicted molar refractivity (Wildman–Crippen MR) is 77.6 cm³/mol. The molecule has 0 aliphatic rings. The van der Waals surface area contributed by atoms with Crippen LogP contribution >= 0.6 is 0 Å². The fourth-order valence-corrected chi connectivity index (χ4v) is 2.12. The minimum Gasteiger partial charge on any atom is -0.397 e. The lowest BCUT2D eigenvalue weighted by Gasteiger charge is -2.06. The third kappa shape index (κ3) is 4.01. The number of hydrogen-bond donors (Lipinski definition) is 3. The van der Waals surface area contributed by atoms with Gasteiger partial charge in [-0.1, -0.05) is 12.1 Å². The van der Waals surface area contributed by atoms with Gasteiger partial charge in [-0.05, 0) is 29.8 Å². The average Bonchev–Trinajstić information content (AvgIpc) is 2.45. The van der Waals surface area contributed by atoms with Gasteiger partial charge in [-0.3, -0.25) is 4.79 Å². The van der Waals surface area contributed by atoms with E-state index in [1.54, 1.807) is 18.2 Å². The summed E-state index contributed by atoms with van der Waals surface area (Å²) in [6, 6.07) is 9.04. The Morgan fingerprint density at radius 3 is 2.33 bits per heavy atom. The van der Waals surface area contributed by atoms with Gasteiger partial charge in [0, 0.05) is 6.54 Å². The molecule has 8 heteroatoms. The van der Waals surface area contributed by atoms with E-state index in [2.05, 4.69) is 10.3 Å². The second-order valence-corrected chi connectivity index (χ2v) is 5.91. The van der Waals surface area contributed by atoms with Crippen LogP contribution in [-0.2, 0) is 16.6 Å². The topological polar surface area (TPSA) is 128 Å². The van der Waals surface area contributed by atoms with Crippen LogP contribution in [-0.4, -0.2) is 19.3 Å². The first kappa shape index (κ1) is 14.9. The summed E-state index contributed by atoms with van der Waals surface area (Å²) in [5, 5.41) is 7.67. The van der Waals surface area contributed by atoms with E-state index in [1.165, 1.54) is 24.4 Å². The highest BCUT2D eigenvalue weighted by atomic mass is 32.2. The number of benzene rings is 1. The van der Waals surface area contributed by atoms with Crippen LogP contribution in [0.1, 0.15) is 16.1 Å². The number of nitrogen functional groups attached to an aromatic ring is 1. The van der Waals surface area contributed by atoms with Crippen molar-refractivity contribution < 1.29 is 13.2 Å². The summed E-state index contributed by atoms with van der Waals surface area (Å²) >= 11 is 0. The fraction of sp³-hybridized carbons (Fsp3) is 0.0769. The second-order valence-electron chi connectivity index (χ2n) is 4.35. The van der Waals surface area contributed by atoms with Gasteiger partial charge in [0.05, 0.1) is 16.8 Å². The van der Waals surface area contributed by atoms with Gasteiger partial charge in [-0.25, -0.2) is 18.5 Å².